The molecular weight excluding hydrogens is 370 g/mol. The Kier molecular flexibility index (Phi) is 5.29. The van der Waals surface area contributed by atoms with Crippen LogP contribution >= 0.6 is 11.6 Å². The lowest BCUT2D eigenvalue weighted by Crippen LogP contribution is -2.84. The standard InChI is InChI=1S/C24H20ClNO2/c1-16-12-22-20(14-21(16)25)19(13-23(27)28-22)15-26-24(17-8-4-2-5-9-17)18-10-6-3-7-11-18/h2-14,24,26H,15H2,1H3/p+1. The summed E-state index contributed by atoms with van der Waals surface area (Å²) in [7, 11) is 0. The SMILES string of the molecule is Cc1cc2oc(=O)cc(C[NH2+]C(c3ccccc3)c3ccccc3)c2cc1Cl. The first kappa shape index (κ1) is 18.5. The van der Waals surface area contributed by atoms with Gasteiger partial charge in [-0.3, -0.25) is 0 Å². The maximum atomic E-state index is 12.1. The molecule has 0 bridgehead atoms. The number of hydrogen-bond acceptors (Lipinski definition) is 2. The van der Waals surface area contributed by atoms with Gasteiger partial charge in [-0.2, -0.15) is 0 Å². The predicted octanol–water partition coefficient (Wildman–Crippen LogP) is 4.61. The Bertz CT molecular complexity index is 1110. The molecule has 0 unspecified atom stereocenters. The maximum Gasteiger partial charge on any atom is 0.336 e. The largest absolute Gasteiger partial charge is 0.423 e. The van der Waals surface area contributed by atoms with Crippen LogP contribution in [-0.2, 0) is 6.54 Å². The molecule has 0 atom stereocenters. The van der Waals surface area contributed by atoms with Gasteiger partial charge >= 0.3 is 5.63 Å². The van der Waals surface area contributed by atoms with Gasteiger partial charge in [-0.15, -0.1) is 0 Å². The lowest BCUT2D eigenvalue weighted by molar-refractivity contribution is -0.702. The number of nitrogens with two attached hydrogens (primary N) is 1. The molecule has 0 saturated heterocycles. The highest BCUT2D eigenvalue weighted by Gasteiger charge is 2.18. The molecule has 3 aromatic carbocycles. The minimum absolute atomic E-state index is 0.130. The average molecular weight is 391 g/mol. The molecule has 140 valence electrons. The van der Waals surface area contributed by atoms with E-state index in [2.05, 4.69) is 29.6 Å². The molecule has 1 aromatic heterocycles. The fraction of sp³-hybridized carbons (Fsp3) is 0.125. The third kappa shape index (κ3) is 3.86. The van der Waals surface area contributed by atoms with Gasteiger partial charge in [0.15, 0.2) is 0 Å². The van der Waals surface area contributed by atoms with E-state index in [1.807, 2.05) is 55.5 Å². The molecule has 0 fully saturated rings. The van der Waals surface area contributed by atoms with Crippen LogP contribution in [0.1, 0.15) is 28.3 Å². The Morgan fingerprint density at radius 3 is 2.14 bits per heavy atom. The van der Waals surface area contributed by atoms with Gasteiger partial charge in [0.2, 0.25) is 0 Å². The topological polar surface area (TPSA) is 46.8 Å². The van der Waals surface area contributed by atoms with Crippen LogP contribution in [0.4, 0.5) is 0 Å². The highest BCUT2D eigenvalue weighted by Crippen LogP contribution is 2.25. The molecule has 2 N–H and O–H groups in total. The van der Waals surface area contributed by atoms with E-state index in [0.717, 1.165) is 16.5 Å². The number of aryl methyl sites for hydroxylation is 1. The molecule has 0 aliphatic heterocycles. The van der Waals surface area contributed by atoms with Gasteiger partial charge in [-0.25, -0.2) is 4.79 Å². The van der Waals surface area contributed by atoms with E-state index >= 15 is 0 Å². The average Bonchev–Trinajstić information content (AvgIpc) is 2.71. The van der Waals surface area contributed by atoms with E-state index in [1.54, 1.807) is 6.07 Å². The molecule has 4 aromatic rings. The van der Waals surface area contributed by atoms with Crippen LogP contribution in [0, 0.1) is 6.92 Å². The summed E-state index contributed by atoms with van der Waals surface area (Å²) in [5, 5.41) is 3.80. The molecule has 0 aliphatic carbocycles. The molecule has 0 saturated carbocycles. The third-order valence-corrected chi connectivity index (χ3v) is 5.41. The second kappa shape index (κ2) is 8.01. The van der Waals surface area contributed by atoms with Crippen molar-refractivity contribution >= 4 is 22.6 Å². The fourth-order valence-electron chi connectivity index (χ4n) is 3.55. The van der Waals surface area contributed by atoms with Gasteiger partial charge in [0.25, 0.3) is 0 Å². The quantitative estimate of drug-likeness (QED) is 0.506. The summed E-state index contributed by atoms with van der Waals surface area (Å²) in [6, 6.07) is 26.2. The number of halogens is 1. The van der Waals surface area contributed by atoms with Gasteiger partial charge in [0.05, 0.1) is 0 Å². The zero-order valence-corrected chi connectivity index (χ0v) is 16.3. The summed E-state index contributed by atoms with van der Waals surface area (Å²) in [4.78, 5) is 12.1. The van der Waals surface area contributed by atoms with E-state index in [1.165, 1.54) is 11.1 Å². The van der Waals surface area contributed by atoms with E-state index in [4.69, 9.17) is 16.0 Å². The molecule has 0 amide bonds. The summed E-state index contributed by atoms with van der Waals surface area (Å²) in [5.74, 6) is 0. The second-order valence-electron chi connectivity index (χ2n) is 6.93. The summed E-state index contributed by atoms with van der Waals surface area (Å²) in [6.07, 6.45) is 0. The number of benzene rings is 3. The van der Waals surface area contributed by atoms with Gasteiger partial charge in [0.1, 0.15) is 18.2 Å². The van der Waals surface area contributed by atoms with Crippen LogP contribution in [0.3, 0.4) is 0 Å². The van der Waals surface area contributed by atoms with Gasteiger partial charge in [-0.1, -0.05) is 72.3 Å². The van der Waals surface area contributed by atoms with E-state index in [0.29, 0.717) is 17.2 Å². The van der Waals surface area contributed by atoms with Crippen LogP contribution in [0.2, 0.25) is 5.02 Å². The first-order chi connectivity index (χ1) is 13.6. The molecule has 1 heterocycles. The van der Waals surface area contributed by atoms with E-state index in [-0.39, 0.29) is 11.7 Å². The van der Waals surface area contributed by atoms with Crippen molar-refractivity contribution in [3.63, 3.8) is 0 Å². The minimum atomic E-state index is -0.339. The molecule has 28 heavy (non-hydrogen) atoms. The summed E-state index contributed by atoms with van der Waals surface area (Å²) in [6.45, 7) is 2.54. The van der Waals surface area contributed by atoms with Crippen LogP contribution in [0.15, 0.2) is 88.1 Å². The summed E-state index contributed by atoms with van der Waals surface area (Å²) >= 11 is 6.32. The molecule has 0 radical (unpaired) electrons. The fourth-order valence-corrected chi connectivity index (χ4v) is 3.71. The minimum Gasteiger partial charge on any atom is -0.423 e. The molecular formula is C24H21ClNO2+. The van der Waals surface area contributed by atoms with Crippen molar-refractivity contribution in [2.45, 2.75) is 19.5 Å². The monoisotopic (exact) mass is 390 g/mol. The number of fused-ring (bicyclic) bond motifs is 1. The van der Waals surface area contributed by atoms with Crippen molar-refractivity contribution in [1.82, 2.24) is 0 Å². The van der Waals surface area contributed by atoms with Gasteiger partial charge in [0, 0.05) is 33.2 Å². The number of quaternary nitrogens is 1. The number of rotatable bonds is 5. The molecule has 3 nitrogen and oxygen atoms in total. The second-order valence-corrected chi connectivity index (χ2v) is 7.33. The van der Waals surface area contributed by atoms with Gasteiger partial charge < -0.3 is 9.73 Å². The van der Waals surface area contributed by atoms with Crippen LogP contribution in [-0.4, -0.2) is 0 Å². The maximum absolute atomic E-state index is 12.1. The summed E-state index contributed by atoms with van der Waals surface area (Å²) in [5.41, 5.74) is 4.49. The zero-order valence-electron chi connectivity index (χ0n) is 15.6. The van der Waals surface area contributed by atoms with Crippen LogP contribution in [0.5, 0.6) is 0 Å². The van der Waals surface area contributed by atoms with Gasteiger partial charge in [-0.05, 0) is 24.6 Å². The Hall–Kier alpha value is -2.88. The van der Waals surface area contributed by atoms with Crippen molar-refractivity contribution < 1.29 is 9.73 Å². The van der Waals surface area contributed by atoms with Crippen molar-refractivity contribution in [3.05, 3.63) is 117 Å². The first-order valence-corrected chi connectivity index (χ1v) is 9.66. The van der Waals surface area contributed by atoms with Crippen LogP contribution < -0.4 is 10.9 Å². The normalized spacial score (nSPS) is 11.2. The zero-order chi connectivity index (χ0) is 19.5. The smallest absolute Gasteiger partial charge is 0.336 e. The Morgan fingerprint density at radius 1 is 0.929 bits per heavy atom. The van der Waals surface area contributed by atoms with E-state index < -0.39 is 0 Å². The van der Waals surface area contributed by atoms with Crippen molar-refractivity contribution in [2.75, 3.05) is 0 Å². The lowest BCUT2D eigenvalue weighted by Gasteiger charge is -2.17. The number of hydrogen-bond donors (Lipinski definition) is 1. The Labute approximate surface area is 168 Å². The predicted molar refractivity (Wildman–Crippen MR) is 113 cm³/mol. The van der Waals surface area contributed by atoms with Crippen molar-refractivity contribution in [2.24, 2.45) is 0 Å². The Morgan fingerprint density at radius 2 is 1.54 bits per heavy atom. The highest BCUT2D eigenvalue weighted by molar-refractivity contribution is 6.32. The molecule has 4 rings (SSSR count). The summed E-state index contributed by atoms with van der Waals surface area (Å²) < 4.78 is 5.39. The van der Waals surface area contributed by atoms with E-state index in [9.17, 15) is 4.79 Å². The molecule has 0 spiro atoms. The van der Waals surface area contributed by atoms with Crippen molar-refractivity contribution in [3.8, 4) is 0 Å². The van der Waals surface area contributed by atoms with Crippen molar-refractivity contribution in [1.29, 1.82) is 0 Å². The third-order valence-electron chi connectivity index (χ3n) is 5.00. The Balaban J connectivity index is 1.72. The lowest BCUT2D eigenvalue weighted by atomic mass is 9.98. The highest BCUT2D eigenvalue weighted by atomic mass is 35.5. The first-order valence-electron chi connectivity index (χ1n) is 9.28. The molecule has 4 heteroatoms. The molecule has 0 aliphatic rings. The van der Waals surface area contributed by atoms with Crippen LogP contribution in [0.25, 0.3) is 11.0 Å².